The van der Waals surface area contributed by atoms with Crippen molar-refractivity contribution in [3.8, 4) is 0 Å². The van der Waals surface area contributed by atoms with E-state index >= 15 is 0 Å². The maximum atomic E-state index is 14.0. The first-order valence-electron chi connectivity index (χ1n) is 6.03. The monoisotopic (exact) mass is 299 g/mol. The predicted molar refractivity (Wildman–Crippen MR) is 75.0 cm³/mol. The minimum absolute atomic E-state index is 0.0608. The molecule has 0 spiro atoms. The number of rotatable bonds is 2. The minimum Gasteiger partial charge on any atom is -0.362 e. The molecule has 1 aromatic heterocycles. The van der Waals surface area contributed by atoms with Crippen LogP contribution in [0.15, 0.2) is 23.6 Å². The highest BCUT2D eigenvalue weighted by molar-refractivity contribution is 7.10. The molecule has 0 saturated heterocycles. The lowest BCUT2D eigenvalue weighted by molar-refractivity contribution is 0.563. The summed E-state index contributed by atoms with van der Waals surface area (Å²) in [6, 6.07) is 4.65. The van der Waals surface area contributed by atoms with Gasteiger partial charge in [0.25, 0.3) is 0 Å². The zero-order valence-electron chi connectivity index (χ0n) is 10.1. The van der Waals surface area contributed by atoms with E-state index in [1.807, 2.05) is 11.4 Å². The van der Waals surface area contributed by atoms with Gasteiger partial charge >= 0.3 is 0 Å². The fourth-order valence-electron chi connectivity index (χ4n) is 2.44. The molecule has 0 N–H and O–H groups in total. The average molecular weight is 300 g/mol. The number of fused-ring (bicyclic) bond motifs is 1. The van der Waals surface area contributed by atoms with Gasteiger partial charge in [0.1, 0.15) is 17.3 Å². The largest absolute Gasteiger partial charge is 0.362 e. The van der Waals surface area contributed by atoms with E-state index in [0.717, 1.165) is 12.0 Å². The molecule has 0 atom stereocenters. The van der Waals surface area contributed by atoms with Gasteiger partial charge in [-0.1, -0.05) is 0 Å². The Morgan fingerprint density at radius 3 is 2.68 bits per heavy atom. The summed E-state index contributed by atoms with van der Waals surface area (Å²) in [7, 11) is 0. The zero-order chi connectivity index (χ0) is 13.4. The third-order valence-corrected chi connectivity index (χ3v) is 4.69. The van der Waals surface area contributed by atoms with Gasteiger partial charge in [0.2, 0.25) is 0 Å². The molecule has 1 nitrogen and oxygen atoms in total. The number of benzene rings is 1. The fourth-order valence-corrected chi connectivity index (χ4v) is 3.48. The molecule has 0 bridgehead atoms. The van der Waals surface area contributed by atoms with Crippen molar-refractivity contribution >= 4 is 28.6 Å². The fraction of sp³-hybridized carbons (Fsp3) is 0.286. The Bertz CT molecular complexity index is 588. The van der Waals surface area contributed by atoms with Crippen LogP contribution in [0.25, 0.3) is 0 Å². The Morgan fingerprint density at radius 1 is 1.26 bits per heavy atom. The topological polar surface area (TPSA) is 3.24 Å². The molecule has 0 aliphatic carbocycles. The van der Waals surface area contributed by atoms with E-state index in [1.165, 1.54) is 17.0 Å². The number of nitrogens with zero attached hydrogens (tertiary/aromatic N) is 1. The van der Waals surface area contributed by atoms with Crippen LogP contribution in [-0.4, -0.2) is 6.54 Å². The molecule has 0 unspecified atom stereocenters. The van der Waals surface area contributed by atoms with Crippen LogP contribution >= 0.6 is 22.9 Å². The van der Waals surface area contributed by atoms with Crippen LogP contribution in [0, 0.1) is 11.6 Å². The normalized spacial score (nSPS) is 14.6. The van der Waals surface area contributed by atoms with E-state index in [4.69, 9.17) is 11.6 Å². The van der Waals surface area contributed by atoms with Gasteiger partial charge in [-0.2, -0.15) is 0 Å². The van der Waals surface area contributed by atoms with Crippen molar-refractivity contribution in [2.45, 2.75) is 18.8 Å². The van der Waals surface area contributed by atoms with Crippen molar-refractivity contribution in [1.82, 2.24) is 0 Å². The molecule has 5 heteroatoms. The first-order chi connectivity index (χ1) is 9.19. The van der Waals surface area contributed by atoms with E-state index in [-0.39, 0.29) is 11.6 Å². The van der Waals surface area contributed by atoms with Crippen LogP contribution in [0.5, 0.6) is 0 Å². The van der Waals surface area contributed by atoms with Crippen molar-refractivity contribution in [3.63, 3.8) is 0 Å². The molecule has 0 amide bonds. The molecular weight excluding hydrogens is 288 g/mol. The second-order valence-corrected chi connectivity index (χ2v) is 5.85. The second-order valence-electron chi connectivity index (χ2n) is 4.58. The predicted octanol–water partition coefficient (Wildman–Crippen LogP) is 4.33. The number of hydrogen-bond acceptors (Lipinski definition) is 2. The number of halogens is 3. The minimum atomic E-state index is -0.533. The molecule has 2 aromatic rings. The highest BCUT2D eigenvalue weighted by Gasteiger charge is 2.23. The van der Waals surface area contributed by atoms with Gasteiger partial charge in [-0.25, -0.2) is 8.78 Å². The Kier molecular flexibility index (Phi) is 3.46. The highest BCUT2D eigenvalue weighted by Crippen LogP contribution is 2.31. The van der Waals surface area contributed by atoms with Gasteiger partial charge in [0, 0.05) is 23.8 Å². The van der Waals surface area contributed by atoms with Crippen LogP contribution in [0.3, 0.4) is 0 Å². The summed E-state index contributed by atoms with van der Waals surface area (Å²) in [5, 5.41) is 2.03. The molecule has 19 heavy (non-hydrogen) atoms. The quantitative estimate of drug-likeness (QED) is 0.746. The Balaban J connectivity index is 1.96. The molecule has 3 rings (SSSR count). The maximum absolute atomic E-state index is 14.0. The highest BCUT2D eigenvalue weighted by atomic mass is 35.5. The number of anilines is 1. The van der Waals surface area contributed by atoms with E-state index in [9.17, 15) is 8.78 Å². The van der Waals surface area contributed by atoms with Gasteiger partial charge in [0.15, 0.2) is 0 Å². The molecule has 1 aromatic carbocycles. The summed E-state index contributed by atoms with van der Waals surface area (Å²) in [5.41, 5.74) is 1.69. The van der Waals surface area contributed by atoms with Crippen molar-refractivity contribution in [2.24, 2.45) is 0 Å². The smallest absolute Gasteiger partial charge is 0.149 e. The Morgan fingerprint density at radius 2 is 2.00 bits per heavy atom. The lowest BCUT2D eigenvalue weighted by atomic mass is 10.1. The molecular formula is C14H12ClF2NS. The summed E-state index contributed by atoms with van der Waals surface area (Å²) < 4.78 is 28.1. The lowest BCUT2D eigenvalue weighted by Gasteiger charge is -2.29. The van der Waals surface area contributed by atoms with Crippen LogP contribution in [0.4, 0.5) is 14.5 Å². The molecule has 1 aliphatic rings. The van der Waals surface area contributed by atoms with E-state index in [2.05, 4.69) is 0 Å². The maximum Gasteiger partial charge on any atom is 0.149 e. The molecule has 0 fully saturated rings. The van der Waals surface area contributed by atoms with Gasteiger partial charge < -0.3 is 4.90 Å². The Hall–Kier alpha value is -1.13. The molecule has 1 aliphatic heterocycles. The van der Waals surface area contributed by atoms with Crippen LogP contribution in [-0.2, 0) is 18.8 Å². The molecule has 2 heterocycles. The Labute approximate surface area is 119 Å². The summed E-state index contributed by atoms with van der Waals surface area (Å²) in [4.78, 5) is 3.08. The summed E-state index contributed by atoms with van der Waals surface area (Å²) in [5.74, 6) is -0.952. The van der Waals surface area contributed by atoms with Gasteiger partial charge in [0.05, 0.1) is 0 Å². The number of alkyl halides is 1. The summed E-state index contributed by atoms with van der Waals surface area (Å²) >= 11 is 7.32. The molecule has 0 saturated carbocycles. The van der Waals surface area contributed by atoms with E-state index in [0.29, 0.717) is 18.7 Å². The SMILES string of the molecule is Fc1cc(CCl)cc(F)c1N1CCc2sccc2C1. The molecule has 100 valence electrons. The van der Waals surface area contributed by atoms with E-state index < -0.39 is 11.6 Å². The van der Waals surface area contributed by atoms with Crippen LogP contribution in [0.2, 0.25) is 0 Å². The van der Waals surface area contributed by atoms with Crippen LogP contribution < -0.4 is 4.90 Å². The number of hydrogen-bond donors (Lipinski definition) is 0. The zero-order valence-corrected chi connectivity index (χ0v) is 11.7. The average Bonchev–Trinajstić information content (AvgIpc) is 2.85. The first kappa shape index (κ1) is 12.9. The van der Waals surface area contributed by atoms with Crippen LogP contribution in [0.1, 0.15) is 16.0 Å². The lowest BCUT2D eigenvalue weighted by Crippen LogP contribution is -2.31. The van der Waals surface area contributed by atoms with Gasteiger partial charge in [-0.05, 0) is 41.1 Å². The number of thiophene rings is 1. The third kappa shape index (κ3) is 2.35. The van der Waals surface area contributed by atoms with Crippen molar-refractivity contribution in [3.05, 3.63) is 51.2 Å². The standard InChI is InChI=1S/C14H12ClF2NS/c15-7-9-5-11(16)14(12(17)6-9)18-3-1-13-10(8-18)2-4-19-13/h2,4-6H,1,3,7-8H2. The van der Waals surface area contributed by atoms with Crippen molar-refractivity contribution in [2.75, 3.05) is 11.4 Å². The van der Waals surface area contributed by atoms with Gasteiger partial charge in [-0.3, -0.25) is 0 Å². The molecule has 0 radical (unpaired) electrons. The second kappa shape index (κ2) is 5.10. The van der Waals surface area contributed by atoms with Crippen molar-refractivity contribution < 1.29 is 8.78 Å². The van der Waals surface area contributed by atoms with Crippen molar-refractivity contribution in [1.29, 1.82) is 0 Å². The van der Waals surface area contributed by atoms with E-state index in [1.54, 1.807) is 16.2 Å². The van der Waals surface area contributed by atoms with Gasteiger partial charge in [-0.15, -0.1) is 22.9 Å². The summed E-state index contributed by atoms with van der Waals surface area (Å²) in [6.45, 7) is 1.20. The summed E-state index contributed by atoms with van der Waals surface area (Å²) in [6.07, 6.45) is 0.836. The third-order valence-electron chi connectivity index (χ3n) is 3.35. The first-order valence-corrected chi connectivity index (χ1v) is 7.44.